The van der Waals surface area contributed by atoms with E-state index in [4.69, 9.17) is 18.9 Å². The molecule has 0 saturated carbocycles. The second-order valence-electron chi connectivity index (χ2n) is 6.92. The van der Waals surface area contributed by atoms with Crippen molar-refractivity contribution in [2.24, 2.45) is 0 Å². The van der Waals surface area contributed by atoms with Crippen LogP contribution < -0.4 is 9.47 Å². The number of hydrogen-bond donors (Lipinski definition) is 0. The van der Waals surface area contributed by atoms with Crippen molar-refractivity contribution in [1.82, 2.24) is 0 Å². The highest BCUT2D eigenvalue weighted by Crippen LogP contribution is 2.28. The number of hydrogen-bond acceptors (Lipinski definition) is 5. The molecule has 0 spiro atoms. The minimum Gasteiger partial charge on any atom is -0.481 e. The van der Waals surface area contributed by atoms with Gasteiger partial charge in [0.25, 0.3) is 0 Å². The summed E-state index contributed by atoms with van der Waals surface area (Å²) in [6.45, 7) is 6.91. The molecule has 1 atom stereocenters. The molecule has 28 heavy (non-hydrogen) atoms. The van der Waals surface area contributed by atoms with Crippen LogP contribution in [0.4, 0.5) is 0 Å². The summed E-state index contributed by atoms with van der Waals surface area (Å²) in [7, 11) is 3.25. The van der Waals surface area contributed by atoms with Crippen LogP contribution in [-0.2, 0) is 27.5 Å². The Labute approximate surface area is 167 Å². The van der Waals surface area contributed by atoms with E-state index in [1.165, 1.54) is 5.56 Å². The highest BCUT2D eigenvalue weighted by molar-refractivity contribution is 5.74. The summed E-state index contributed by atoms with van der Waals surface area (Å²) in [5.41, 5.74) is 4.06. The van der Waals surface area contributed by atoms with Crippen LogP contribution in [0.3, 0.4) is 0 Å². The number of carbonyl (C=O) groups excluding carboxylic acids is 1. The summed E-state index contributed by atoms with van der Waals surface area (Å²) in [5, 5.41) is 0. The van der Waals surface area contributed by atoms with Crippen LogP contribution in [0, 0.1) is 6.92 Å². The molecular formula is C23H30O5. The quantitative estimate of drug-likeness (QED) is 0.434. The number of benzene rings is 2. The highest BCUT2D eigenvalue weighted by Gasteiger charge is 2.15. The van der Waals surface area contributed by atoms with Gasteiger partial charge in [0.15, 0.2) is 6.61 Å². The minimum atomic E-state index is -0.455. The number of carbonyl (C=O) groups is 1. The Morgan fingerprint density at radius 2 is 1.57 bits per heavy atom. The fourth-order valence-corrected chi connectivity index (χ4v) is 3.03. The summed E-state index contributed by atoms with van der Waals surface area (Å²) >= 11 is 0. The van der Waals surface area contributed by atoms with E-state index in [0.717, 1.165) is 23.1 Å². The predicted octanol–water partition coefficient (Wildman–Crippen LogP) is 4.79. The van der Waals surface area contributed by atoms with Crippen molar-refractivity contribution in [3.05, 3.63) is 58.7 Å². The molecule has 152 valence electrons. The molecule has 0 aliphatic carbocycles. The molecule has 1 unspecified atom stereocenters. The van der Waals surface area contributed by atoms with Gasteiger partial charge in [-0.2, -0.15) is 0 Å². The molecule has 0 radical (unpaired) electrons. The second kappa shape index (κ2) is 10.8. The van der Waals surface area contributed by atoms with Crippen molar-refractivity contribution in [1.29, 1.82) is 0 Å². The third kappa shape index (κ3) is 6.08. The zero-order chi connectivity index (χ0) is 20.5. The highest BCUT2D eigenvalue weighted by atomic mass is 16.6. The molecule has 0 aliphatic heterocycles. The number of methoxy groups -OCH3 is 2. The maximum absolute atomic E-state index is 12.3. The van der Waals surface area contributed by atoms with E-state index < -0.39 is 5.97 Å². The van der Waals surface area contributed by atoms with Crippen LogP contribution in [0.5, 0.6) is 11.5 Å². The molecule has 2 aromatic rings. The Morgan fingerprint density at radius 3 is 2.07 bits per heavy atom. The van der Waals surface area contributed by atoms with Gasteiger partial charge in [-0.25, -0.2) is 4.79 Å². The van der Waals surface area contributed by atoms with E-state index in [0.29, 0.717) is 30.6 Å². The van der Waals surface area contributed by atoms with Gasteiger partial charge in [-0.15, -0.1) is 0 Å². The smallest absolute Gasteiger partial charge is 0.349 e. The third-order valence-electron chi connectivity index (χ3n) is 4.61. The molecule has 0 N–H and O–H groups in total. The Kier molecular flexibility index (Phi) is 8.48. The maximum atomic E-state index is 12.3. The monoisotopic (exact) mass is 386 g/mol. The van der Waals surface area contributed by atoms with Crippen molar-refractivity contribution in [2.75, 3.05) is 20.8 Å². The first-order valence-electron chi connectivity index (χ1n) is 9.52. The van der Waals surface area contributed by atoms with Crippen LogP contribution in [0.15, 0.2) is 36.4 Å². The Morgan fingerprint density at radius 1 is 1.00 bits per heavy atom. The predicted molar refractivity (Wildman–Crippen MR) is 109 cm³/mol. The number of ether oxygens (including phenoxy) is 4. The second-order valence-corrected chi connectivity index (χ2v) is 6.92. The van der Waals surface area contributed by atoms with Gasteiger partial charge in [0.1, 0.15) is 11.5 Å². The average Bonchev–Trinajstić information content (AvgIpc) is 2.67. The number of rotatable bonds is 10. The van der Waals surface area contributed by atoms with Crippen LogP contribution >= 0.6 is 0 Å². The molecule has 0 amide bonds. The number of aryl methyl sites for hydroxylation is 1. The van der Waals surface area contributed by atoms with Crippen molar-refractivity contribution in [3.63, 3.8) is 0 Å². The fourth-order valence-electron chi connectivity index (χ4n) is 3.03. The van der Waals surface area contributed by atoms with E-state index in [1.807, 2.05) is 43.3 Å². The summed E-state index contributed by atoms with van der Waals surface area (Å²) in [4.78, 5) is 12.3. The first kappa shape index (κ1) is 21.9. The zero-order valence-corrected chi connectivity index (χ0v) is 17.4. The maximum Gasteiger partial charge on any atom is 0.349 e. The molecule has 0 aromatic heterocycles. The first-order valence-corrected chi connectivity index (χ1v) is 9.52. The molecule has 0 aliphatic rings. The first-order chi connectivity index (χ1) is 13.5. The van der Waals surface area contributed by atoms with Gasteiger partial charge in [-0.05, 0) is 37.0 Å². The lowest BCUT2D eigenvalue weighted by atomic mass is 9.99. The molecule has 0 bridgehead atoms. The molecule has 0 saturated heterocycles. The van der Waals surface area contributed by atoms with Gasteiger partial charge in [0, 0.05) is 25.3 Å². The zero-order valence-electron chi connectivity index (χ0n) is 17.4. The van der Waals surface area contributed by atoms with Crippen LogP contribution in [0.2, 0.25) is 0 Å². The van der Waals surface area contributed by atoms with E-state index in [-0.39, 0.29) is 6.61 Å². The van der Waals surface area contributed by atoms with Crippen molar-refractivity contribution in [3.8, 4) is 11.5 Å². The lowest BCUT2D eigenvalue weighted by Gasteiger charge is -2.16. The van der Waals surface area contributed by atoms with Gasteiger partial charge < -0.3 is 18.9 Å². The van der Waals surface area contributed by atoms with Crippen molar-refractivity contribution in [2.45, 2.75) is 46.3 Å². The Hall–Kier alpha value is -2.37. The van der Waals surface area contributed by atoms with Crippen LogP contribution in [-0.4, -0.2) is 26.8 Å². The average molecular weight is 386 g/mol. The summed E-state index contributed by atoms with van der Waals surface area (Å²) in [6, 6.07) is 11.6. The minimum absolute atomic E-state index is 0.191. The molecule has 5 nitrogen and oxygen atoms in total. The molecule has 2 rings (SSSR count). The molecule has 2 aromatic carbocycles. The largest absolute Gasteiger partial charge is 0.481 e. The molecular weight excluding hydrogens is 356 g/mol. The van der Waals surface area contributed by atoms with Gasteiger partial charge >= 0.3 is 5.97 Å². The standard InChI is InChI=1S/C23H30O5/c1-6-17(3)18-7-9-21(10-8-18)28-22(24)15-27-23-19(13-25-4)11-16(2)12-20(23)14-26-5/h7-12,17H,6,13-15H2,1-5H3. The van der Waals surface area contributed by atoms with Crippen molar-refractivity contribution >= 4 is 5.97 Å². The Bertz CT molecular complexity index is 740. The molecule has 0 fully saturated rings. The van der Waals surface area contributed by atoms with E-state index in [9.17, 15) is 4.79 Å². The van der Waals surface area contributed by atoms with Gasteiger partial charge in [0.05, 0.1) is 13.2 Å². The Balaban J connectivity index is 2.05. The fraction of sp³-hybridized carbons (Fsp3) is 0.435. The van der Waals surface area contributed by atoms with Crippen LogP contribution in [0.1, 0.15) is 48.4 Å². The van der Waals surface area contributed by atoms with Gasteiger partial charge in [-0.1, -0.05) is 43.7 Å². The third-order valence-corrected chi connectivity index (χ3v) is 4.61. The summed E-state index contributed by atoms with van der Waals surface area (Å²) in [6.07, 6.45) is 1.07. The molecule has 0 heterocycles. The van der Waals surface area contributed by atoms with Gasteiger partial charge in [-0.3, -0.25) is 0 Å². The number of esters is 1. The lowest BCUT2D eigenvalue weighted by molar-refractivity contribution is -0.136. The lowest BCUT2D eigenvalue weighted by Crippen LogP contribution is -2.19. The topological polar surface area (TPSA) is 54.0 Å². The van der Waals surface area contributed by atoms with E-state index >= 15 is 0 Å². The summed E-state index contributed by atoms with van der Waals surface area (Å²) in [5.74, 6) is 1.15. The SMILES string of the molecule is CCC(C)c1ccc(OC(=O)COc2c(COC)cc(C)cc2COC)cc1. The summed E-state index contributed by atoms with van der Waals surface area (Å²) < 4.78 is 21.7. The molecule has 5 heteroatoms. The van der Waals surface area contributed by atoms with Gasteiger partial charge in [0.2, 0.25) is 0 Å². The van der Waals surface area contributed by atoms with Crippen molar-refractivity contribution < 1.29 is 23.7 Å². The van der Waals surface area contributed by atoms with Crippen LogP contribution in [0.25, 0.3) is 0 Å². The van der Waals surface area contributed by atoms with E-state index in [2.05, 4.69) is 13.8 Å². The normalized spacial score (nSPS) is 11.9. The van der Waals surface area contributed by atoms with E-state index in [1.54, 1.807) is 14.2 Å².